The maximum absolute atomic E-state index is 12.4. The van der Waals surface area contributed by atoms with Gasteiger partial charge in [0, 0.05) is 24.8 Å². The minimum absolute atomic E-state index is 0.0725. The summed E-state index contributed by atoms with van der Waals surface area (Å²) in [5, 5.41) is 2.68. The number of pyridine rings is 1. The molecule has 3 rings (SSSR count). The minimum atomic E-state index is -4.47. The molecule has 8 heteroatoms. The van der Waals surface area contributed by atoms with Crippen LogP contribution in [0.1, 0.15) is 22.5 Å². The maximum atomic E-state index is 12.4. The summed E-state index contributed by atoms with van der Waals surface area (Å²) in [5.74, 6) is -0.297. The molecule has 0 radical (unpaired) electrons. The number of carbonyl (C=O) groups excluding carboxylic acids is 1. The number of hydrogen-bond acceptors (Lipinski definition) is 4. The van der Waals surface area contributed by atoms with Crippen LogP contribution in [0.2, 0.25) is 0 Å². The van der Waals surface area contributed by atoms with Crippen molar-refractivity contribution in [2.24, 2.45) is 11.7 Å². The predicted octanol–water partition coefficient (Wildman–Crippen LogP) is 0.945. The first-order chi connectivity index (χ1) is 9.88. The molecule has 1 aromatic rings. The molecule has 4 atom stereocenters. The molecule has 1 aromatic heterocycles. The molecule has 114 valence electrons. The summed E-state index contributed by atoms with van der Waals surface area (Å²) in [5.41, 5.74) is 4.99. The highest BCUT2D eigenvalue weighted by Gasteiger charge is 2.52. The molecule has 1 aliphatic carbocycles. The fourth-order valence-electron chi connectivity index (χ4n) is 2.85. The van der Waals surface area contributed by atoms with E-state index in [4.69, 9.17) is 10.5 Å². The number of fused-ring (bicyclic) bond motifs is 1. The average molecular weight is 301 g/mol. The molecule has 2 fully saturated rings. The van der Waals surface area contributed by atoms with E-state index in [-0.39, 0.29) is 29.8 Å². The number of nitrogens with zero attached hydrogens (tertiary/aromatic N) is 1. The highest BCUT2D eigenvalue weighted by molar-refractivity contribution is 5.92. The molecule has 0 bridgehead atoms. The fourth-order valence-corrected chi connectivity index (χ4v) is 2.85. The van der Waals surface area contributed by atoms with Gasteiger partial charge in [0.2, 0.25) is 0 Å². The van der Waals surface area contributed by atoms with Crippen LogP contribution in [0.3, 0.4) is 0 Å². The molecule has 3 N–H and O–H groups in total. The summed E-state index contributed by atoms with van der Waals surface area (Å²) in [6.07, 6.45) is -3.05. The number of carbonyl (C=O) groups is 1. The Bertz CT molecular complexity index is 547. The average Bonchev–Trinajstić information content (AvgIpc) is 2.88. The van der Waals surface area contributed by atoms with Crippen molar-refractivity contribution in [2.45, 2.75) is 30.8 Å². The highest BCUT2D eigenvalue weighted by Crippen LogP contribution is 2.37. The van der Waals surface area contributed by atoms with E-state index in [1.54, 1.807) is 0 Å². The van der Waals surface area contributed by atoms with Crippen molar-refractivity contribution in [1.82, 2.24) is 10.3 Å². The quantitative estimate of drug-likeness (QED) is 0.852. The van der Waals surface area contributed by atoms with Crippen molar-refractivity contribution in [1.29, 1.82) is 0 Å². The van der Waals surface area contributed by atoms with Crippen LogP contribution in [0.5, 0.6) is 0 Å². The number of nitrogens with one attached hydrogen (secondary N) is 1. The molecule has 21 heavy (non-hydrogen) atoms. The third kappa shape index (κ3) is 2.49. The summed E-state index contributed by atoms with van der Waals surface area (Å²) in [6.45, 7) is 0.619. The Labute approximate surface area is 118 Å². The van der Waals surface area contributed by atoms with Crippen LogP contribution in [0.15, 0.2) is 18.3 Å². The molecule has 1 aliphatic heterocycles. The van der Waals surface area contributed by atoms with Gasteiger partial charge >= 0.3 is 6.18 Å². The molecule has 0 spiro atoms. The number of nitrogens with two attached hydrogens (primary N) is 1. The van der Waals surface area contributed by atoms with Gasteiger partial charge < -0.3 is 15.8 Å². The first-order valence-corrected chi connectivity index (χ1v) is 6.59. The van der Waals surface area contributed by atoms with Crippen LogP contribution >= 0.6 is 0 Å². The molecule has 4 unspecified atom stereocenters. The number of alkyl halides is 3. The van der Waals surface area contributed by atoms with Gasteiger partial charge in [-0.05, 0) is 18.6 Å². The lowest BCUT2D eigenvalue weighted by molar-refractivity contribution is -0.137. The van der Waals surface area contributed by atoms with Gasteiger partial charge in [-0.3, -0.25) is 9.78 Å². The molecular weight excluding hydrogens is 287 g/mol. The molecule has 1 amide bonds. The van der Waals surface area contributed by atoms with E-state index < -0.39 is 17.6 Å². The Hall–Kier alpha value is -1.67. The summed E-state index contributed by atoms with van der Waals surface area (Å²) >= 11 is 0. The SMILES string of the molecule is NC1C2CCOC2C1NC(=O)c1ccc(C(F)(F)F)cn1. The van der Waals surface area contributed by atoms with Crippen LogP contribution in [0, 0.1) is 5.92 Å². The number of ether oxygens (including phenoxy) is 1. The van der Waals surface area contributed by atoms with E-state index in [2.05, 4.69) is 10.3 Å². The molecular formula is C13H14F3N3O2. The first-order valence-electron chi connectivity index (χ1n) is 6.59. The monoisotopic (exact) mass is 301 g/mol. The number of halogens is 3. The Kier molecular flexibility index (Phi) is 3.37. The molecule has 2 aliphatic rings. The van der Waals surface area contributed by atoms with Gasteiger partial charge in [-0.2, -0.15) is 13.2 Å². The van der Waals surface area contributed by atoms with Gasteiger partial charge in [0.05, 0.1) is 17.7 Å². The summed E-state index contributed by atoms with van der Waals surface area (Å²) in [6, 6.07) is 1.39. The zero-order chi connectivity index (χ0) is 15.2. The fraction of sp³-hybridized carbons (Fsp3) is 0.538. The van der Waals surface area contributed by atoms with Crippen molar-refractivity contribution in [3.05, 3.63) is 29.6 Å². The molecule has 1 saturated heterocycles. The van der Waals surface area contributed by atoms with Crippen molar-refractivity contribution in [3.63, 3.8) is 0 Å². The largest absolute Gasteiger partial charge is 0.417 e. The van der Waals surface area contributed by atoms with Gasteiger partial charge in [0.1, 0.15) is 5.69 Å². The van der Waals surface area contributed by atoms with Crippen LogP contribution in [0.4, 0.5) is 13.2 Å². The first kappa shape index (κ1) is 14.3. The topological polar surface area (TPSA) is 77.2 Å². The molecule has 0 aromatic carbocycles. The zero-order valence-corrected chi connectivity index (χ0v) is 10.9. The molecule has 1 saturated carbocycles. The van der Waals surface area contributed by atoms with E-state index >= 15 is 0 Å². The number of aromatic nitrogens is 1. The van der Waals surface area contributed by atoms with E-state index in [1.165, 1.54) is 0 Å². The number of rotatable bonds is 2. The van der Waals surface area contributed by atoms with Crippen molar-refractivity contribution >= 4 is 5.91 Å². The van der Waals surface area contributed by atoms with Crippen LogP contribution < -0.4 is 11.1 Å². The second-order valence-corrected chi connectivity index (χ2v) is 5.29. The van der Waals surface area contributed by atoms with Crippen molar-refractivity contribution in [2.75, 3.05) is 6.61 Å². The Balaban J connectivity index is 1.66. The maximum Gasteiger partial charge on any atom is 0.417 e. The van der Waals surface area contributed by atoms with Crippen molar-refractivity contribution in [3.8, 4) is 0 Å². The van der Waals surface area contributed by atoms with E-state index in [0.717, 1.165) is 18.6 Å². The van der Waals surface area contributed by atoms with Gasteiger partial charge in [0.25, 0.3) is 5.91 Å². The van der Waals surface area contributed by atoms with E-state index in [9.17, 15) is 18.0 Å². The van der Waals surface area contributed by atoms with Gasteiger partial charge in [-0.25, -0.2) is 0 Å². The third-order valence-electron chi connectivity index (χ3n) is 4.07. The molecule has 5 nitrogen and oxygen atoms in total. The summed E-state index contributed by atoms with van der Waals surface area (Å²) in [7, 11) is 0. The second-order valence-electron chi connectivity index (χ2n) is 5.29. The summed E-state index contributed by atoms with van der Waals surface area (Å²) < 4.78 is 42.7. The highest BCUT2D eigenvalue weighted by atomic mass is 19.4. The van der Waals surface area contributed by atoms with Gasteiger partial charge in [0.15, 0.2) is 0 Å². The second kappa shape index (κ2) is 4.96. The normalized spacial score (nSPS) is 31.4. The minimum Gasteiger partial charge on any atom is -0.376 e. The number of hydrogen-bond donors (Lipinski definition) is 2. The Morgan fingerprint density at radius 1 is 1.43 bits per heavy atom. The standard InChI is InChI=1S/C13H14F3N3O2/c14-13(15,16)6-1-2-8(18-5-6)12(20)19-10-9(17)7-3-4-21-11(7)10/h1-2,5,7,9-11H,3-4,17H2,(H,19,20). The Morgan fingerprint density at radius 3 is 2.81 bits per heavy atom. The summed E-state index contributed by atoms with van der Waals surface area (Å²) in [4.78, 5) is 15.5. The van der Waals surface area contributed by atoms with Crippen LogP contribution in [-0.2, 0) is 10.9 Å². The molecule has 2 heterocycles. The van der Waals surface area contributed by atoms with Crippen molar-refractivity contribution < 1.29 is 22.7 Å². The van der Waals surface area contributed by atoms with Crippen LogP contribution in [-0.4, -0.2) is 35.7 Å². The Morgan fingerprint density at radius 2 is 2.19 bits per heavy atom. The van der Waals surface area contributed by atoms with E-state index in [0.29, 0.717) is 12.8 Å². The van der Waals surface area contributed by atoms with Gasteiger partial charge in [-0.15, -0.1) is 0 Å². The zero-order valence-electron chi connectivity index (χ0n) is 10.9. The lowest BCUT2D eigenvalue weighted by atomic mass is 9.72. The smallest absolute Gasteiger partial charge is 0.376 e. The van der Waals surface area contributed by atoms with Crippen LogP contribution in [0.25, 0.3) is 0 Å². The number of amides is 1. The lowest BCUT2D eigenvalue weighted by Crippen LogP contribution is -2.69. The van der Waals surface area contributed by atoms with Gasteiger partial charge in [-0.1, -0.05) is 0 Å². The lowest BCUT2D eigenvalue weighted by Gasteiger charge is -2.45. The predicted molar refractivity (Wildman–Crippen MR) is 66.3 cm³/mol. The third-order valence-corrected chi connectivity index (χ3v) is 4.07. The van der Waals surface area contributed by atoms with E-state index in [1.807, 2.05) is 0 Å².